The number of pyridine rings is 1. The Kier molecular flexibility index (Phi) is 5.80. The first-order valence-electron chi connectivity index (χ1n) is 9.23. The minimum absolute atomic E-state index is 0.0257. The lowest BCUT2D eigenvalue weighted by molar-refractivity contribution is -0.132. The van der Waals surface area contributed by atoms with Crippen molar-refractivity contribution in [2.45, 2.75) is 6.04 Å². The molecule has 0 aliphatic carbocycles. The summed E-state index contributed by atoms with van der Waals surface area (Å²) in [5.74, 6) is -0.930. The van der Waals surface area contributed by atoms with E-state index in [0.717, 1.165) is 4.47 Å². The van der Waals surface area contributed by atoms with E-state index in [1.807, 2.05) is 0 Å². The number of Topliss-reactive ketones (excluding diaryl/α,β-unsaturated/α-hetero) is 1. The number of ketones is 1. The molecule has 1 atom stereocenters. The summed E-state index contributed by atoms with van der Waals surface area (Å²) >= 11 is 9.27. The number of ether oxygens (including phenoxy) is 1. The van der Waals surface area contributed by atoms with Crippen LogP contribution in [0.2, 0.25) is 5.02 Å². The van der Waals surface area contributed by atoms with Gasteiger partial charge in [0.05, 0.1) is 18.7 Å². The van der Waals surface area contributed by atoms with E-state index in [1.165, 1.54) is 4.90 Å². The van der Waals surface area contributed by atoms with Gasteiger partial charge in [-0.3, -0.25) is 14.5 Å². The maximum atomic E-state index is 13.0. The number of amides is 1. The number of aliphatic hydroxyl groups is 1. The molecule has 156 valence electrons. The average molecular weight is 500 g/mol. The molecule has 1 aliphatic rings. The molecule has 1 unspecified atom stereocenters. The largest absolute Gasteiger partial charge is 0.507 e. The molecule has 0 saturated carbocycles. The zero-order chi connectivity index (χ0) is 22.1. The van der Waals surface area contributed by atoms with E-state index in [2.05, 4.69) is 20.9 Å². The van der Waals surface area contributed by atoms with Crippen molar-refractivity contribution < 1.29 is 19.4 Å². The van der Waals surface area contributed by atoms with Gasteiger partial charge < -0.3 is 9.84 Å². The Hall–Kier alpha value is -3.16. The average Bonchev–Trinajstić information content (AvgIpc) is 3.05. The second-order valence-electron chi connectivity index (χ2n) is 6.78. The second-order valence-corrected chi connectivity index (χ2v) is 8.14. The first-order chi connectivity index (χ1) is 14.9. The smallest absolute Gasteiger partial charge is 0.301 e. The molecular formula is C23H16BrClN2O4. The van der Waals surface area contributed by atoms with Crippen molar-refractivity contribution in [3.63, 3.8) is 0 Å². The summed E-state index contributed by atoms with van der Waals surface area (Å²) in [6.45, 7) is 0. The Morgan fingerprint density at radius 3 is 2.32 bits per heavy atom. The number of halogens is 2. The fourth-order valence-corrected chi connectivity index (χ4v) is 3.80. The van der Waals surface area contributed by atoms with Crippen LogP contribution in [0.5, 0.6) is 5.75 Å². The molecule has 1 aliphatic heterocycles. The number of carbonyl (C=O) groups is 2. The normalized spacial score (nSPS) is 17.8. The number of benzene rings is 2. The predicted molar refractivity (Wildman–Crippen MR) is 121 cm³/mol. The lowest BCUT2D eigenvalue weighted by Gasteiger charge is -2.24. The molecule has 3 aromatic rings. The highest BCUT2D eigenvalue weighted by atomic mass is 79.9. The van der Waals surface area contributed by atoms with E-state index in [-0.39, 0.29) is 11.3 Å². The number of methoxy groups -OCH3 is 1. The van der Waals surface area contributed by atoms with Gasteiger partial charge in [-0.15, -0.1) is 0 Å². The summed E-state index contributed by atoms with van der Waals surface area (Å²) in [6.07, 6.45) is 1.54. The minimum Gasteiger partial charge on any atom is -0.507 e. The third-order valence-corrected chi connectivity index (χ3v) is 5.67. The maximum Gasteiger partial charge on any atom is 0.301 e. The summed E-state index contributed by atoms with van der Waals surface area (Å²) < 4.78 is 5.95. The molecular weight excluding hydrogens is 484 g/mol. The van der Waals surface area contributed by atoms with Crippen LogP contribution in [-0.2, 0) is 9.59 Å². The minimum atomic E-state index is -0.866. The fraction of sp³-hybridized carbons (Fsp3) is 0.0870. The molecule has 31 heavy (non-hydrogen) atoms. The highest BCUT2D eigenvalue weighted by molar-refractivity contribution is 9.10. The summed E-state index contributed by atoms with van der Waals surface area (Å²) in [7, 11) is 1.55. The van der Waals surface area contributed by atoms with Crippen molar-refractivity contribution in [1.29, 1.82) is 0 Å². The molecule has 0 bridgehead atoms. The van der Waals surface area contributed by atoms with Gasteiger partial charge in [-0.25, -0.2) is 4.98 Å². The van der Waals surface area contributed by atoms with Crippen molar-refractivity contribution >= 4 is 50.8 Å². The van der Waals surface area contributed by atoms with Crippen molar-refractivity contribution in [1.82, 2.24) is 4.98 Å². The van der Waals surface area contributed by atoms with Gasteiger partial charge in [-0.2, -0.15) is 0 Å². The van der Waals surface area contributed by atoms with Crippen LogP contribution in [0.4, 0.5) is 5.82 Å². The topological polar surface area (TPSA) is 79.7 Å². The zero-order valence-electron chi connectivity index (χ0n) is 16.3. The Labute approximate surface area is 191 Å². The summed E-state index contributed by atoms with van der Waals surface area (Å²) in [4.78, 5) is 31.7. The second kappa shape index (κ2) is 8.53. The first-order valence-corrected chi connectivity index (χ1v) is 10.4. The SMILES string of the molecule is COc1ccc(C2/C(=C(/O)c3ccc(Cl)cc3)C(=O)C(=O)N2c2ccc(Br)cn2)cc1. The Balaban J connectivity index is 1.92. The number of aromatic nitrogens is 1. The highest BCUT2D eigenvalue weighted by Gasteiger charge is 2.47. The molecule has 1 amide bonds. The number of aliphatic hydroxyl groups excluding tert-OH is 1. The van der Waals surface area contributed by atoms with Gasteiger partial charge in [-0.05, 0) is 70.0 Å². The van der Waals surface area contributed by atoms with E-state index in [4.69, 9.17) is 16.3 Å². The van der Waals surface area contributed by atoms with Gasteiger partial charge in [0.15, 0.2) is 0 Å². The molecule has 1 N–H and O–H groups in total. The molecule has 2 aromatic carbocycles. The van der Waals surface area contributed by atoms with Crippen LogP contribution in [0, 0.1) is 0 Å². The van der Waals surface area contributed by atoms with Crippen molar-refractivity contribution in [3.8, 4) is 5.75 Å². The first kappa shape index (κ1) is 21.1. The van der Waals surface area contributed by atoms with Crippen molar-refractivity contribution in [3.05, 3.63) is 93.1 Å². The van der Waals surface area contributed by atoms with Crippen LogP contribution in [0.3, 0.4) is 0 Å². The lowest BCUT2D eigenvalue weighted by Crippen LogP contribution is -2.30. The molecule has 1 fully saturated rings. The fourth-order valence-electron chi connectivity index (χ4n) is 3.44. The van der Waals surface area contributed by atoms with Crippen LogP contribution in [0.25, 0.3) is 5.76 Å². The quantitative estimate of drug-likeness (QED) is 0.306. The molecule has 1 aromatic heterocycles. The molecule has 2 heterocycles. The molecule has 6 nitrogen and oxygen atoms in total. The van der Waals surface area contributed by atoms with E-state index < -0.39 is 17.7 Å². The van der Waals surface area contributed by atoms with E-state index in [1.54, 1.807) is 74.0 Å². The zero-order valence-corrected chi connectivity index (χ0v) is 18.6. The lowest BCUT2D eigenvalue weighted by atomic mass is 9.95. The number of anilines is 1. The maximum absolute atomic E-state index is 13.0. The highest BCUT2D eigenvalue weighted by Crippen LogP contribution is 2.42. The number of hydrogen-bond donors (Lipinski definition) is 1. The molecule has 4 rings (SSSR count). The van der Waals surface area contributed by atoms with Crippen LogP contribution in [-0.4, -0.2) is 28.9 Å². The molecule has 0 spiro atoms. The molecule has 0 radical (unpaired) electrons. The summed E-state index contributed by atoms with van der Waals surface area (Å²) in [5, 5.41) is 11.5. The van der Waals surface area contributed by atoms with Gasteiger partial charge in [-0.1, -0.05) is 23.7 Å². The monoisotopic (exact) mass is 498 g/mol. The van der Waals surface area contributed by atoms with E-state index in [0.29, 0.717) is 27.7 Å². The third kappa shape index (κ3) is 3.94. The Morgan fingerprint density at radius 2 is 1.74 bits per heavy atom. The van der Waals surface area contributed by atoms with Gasteiger partial charge in [0.25, 0.3) is 5.78 Å². The number of carbonyl (C=O) groups excluding carboxylic acids is 2. The number of hydrogen-bond acceptors (Lipinski definition) is 5. The predicted octanol–water partition coefficient (Wildman–Crippen LogP) is 5.13. The van der Waals surface area contributed by atoms with Crippen LogP contribution >= 0.6 is 27.5 Å². The third-order valence-electron chi connectivity index (χ3n) is 4.95. The number of nitrogens with zero attached hydrogens (tertiary/aromatic N) is 2. The van der Waals surface area contributed by atoms with Gasteiger partial charge in [0.2, 0.25) is 0 Å². The molecule has 8 heteroatoms. The molecule has 1 saturated heterocycles. The van der Waals surface area contributed by atoms with E-state index in [9.17, 15) is 14.7 Å². The standard InChI is InChI=1S/C23H16BrClN2O4/c1-31-17-9-4-13(5-10-17)20-19(21(28)14-2-7-16(25)8-3-14)22(29)23(30)27(20)18-11-6-15(24)12-26-18/h2-12,20,28H,1H3/b21-19-. The Bertz CT molecular complexity index is 1180. The van der Waals surface area contributed by atoms with Gasteiger partial charge >= 0.3 is 5.91 Å². The van der Waals surface area contributed by atoms with E-state index >= 15 is 0 Å². The van der Waals surface area contributed by atoms with Crippen molar-refractivity contribution in [2.24, 2.45) is 0 Å². The number of rotatable bonds is 4. The van der Waals surface area contributed by atoms with Gasteiger partial charge in [0.1, 0.15) is 17.3 Å². The van der Waals surface area contributed by atoms with Crippen LogP contribution in [0.1, 0.15) is 17.2 Å². The summed E-state index contributed by atoms with van der Waals surface area (Å²) in [5.41, 5.74) is 0.979. The van der Waals surface area contributed by atoms with Crippen molar-refractivity contribution in [2.75, 3.05) is 12.0 Å². The summed E-state index contributed by atoms with van der Waals surface area (Å²) in [6, 6.07) is 15.8. The van der Waals surface area contributed by atoms with Crippen LogP contribution in [0.15, 0.2) is 76.9 Å². The van der Waals surface area contributed by atoms with Crippen LogP contribution < -0.4 is 9.64 Å². The van der Waals surface area contributed by atoms with Gasteiger partial charge in [0, 0.05) is 21.3 Å². The Morgan fingerprint density at radius 1 is 1.06 bits per heavy atom.